The van der Waals surface area contributed by atoms with Crippen LogP contribution in [0.5, 0.6) is 0 Å². The quantitative estimate of drug-likeness (QED) is 0.783. The van der Waals surface area contributed by atoms with Gasteiger partial charge in [-0.2, -0.15) is 0 Å². The highest BCUT2D eigenvalue weighted by atomic mass is 15.4. The highest BCUT2D eigenvalue weighted by Gasteiger charge is 2.30. The van der Waals surface area contributed by atoms with Crippen LogP contribution in [0.3, 0.4) is 0 Å². The number of nitrogens with zero attached hydrogens (tertiary/aromatic N) is 3. The van der Waals surface area contributed by atoms with Gasteiger partial charge in [0.1, 0.15) is 6.17 Å². The highest BCUT2D eigenvalue weighted by molar-refractivity contribution is 5.94. The molecule has 25 heavy (non-hydrogen) atoms. The van der Waals surface area contributed by atoms with Gasteiger partial charge in [0.05, 0.1) is 11.0 Å². The van der Waals surface area contributed by atoms with E-state index in [-0.39, 0.29) is 6.17 Å². The topological polar surface area (TPSA) is 68.2 Å². The van der Waals surface area contributed by atoms with E-state index in [1.165, 1.54) is 64.2 Å². The zero-order valence-electron chi connectivity index (χ0n) is 15.0. The molecule has 2 heterocycles. The third kappa shape index (κ3) is 3.51. The number of hydrogen-bond acceptors (Lipinski definition) is 4. The Morgan fingerprint density at radius 1 is 0.920 bits per heavy atom. The van der Waals surface area contributed by atoms with Crippen molar-refractivity contribution in [3.05, 3.63) is 24.3 Å². The molecular formula is C20H29N5. The predicted octanol–water partition coefficient (Wildman–Crippen LogP) is 4.81. The van der Waals surface area contributed by atoms with E-state index in [0.717, 1.165) is 17.0 Å². The molecule has 0 amide bonds. The van der Waals surface area contributed by atoms with E-state index in [0.29, 0.717) is 11.9 Å². The lowest BCUT2D eigenvalue weighted by molar-refractivity contribution is 0.291. The van der Waals surface area contributed by atoms with Gasteiger partial charge in [-0.3, -0.25) is 9.88 Å². The number of nitrogens with two attached hydrogens (primary N) is 1. The molecule has 5 heteroatoms. The number of aliphatic imine (C=N–C) groups is 1. The smallest absolute Gasteiger partial charge is 0.212 e. The van der Waals surface area contributed by atoms with Crippen LogP contribution in [0.2, 0.25) is 0 Å². The molecule has 2 aromatic rings. The van der Waals surface area contributed by atoms with Crippen molar-refractivity contribution in [2.24, 2.45) is 16.6 Å². The van der Waals surface area contributed by atoms with Gasteiger partial charge in [0.25, 0.3) is 0 Å². The Morgan fingerprint density at radius 2 is 1.56 bits per heavy atom. The fourth-order valence-corrected chi connectivity index (χ4v) is 4.38. The van der Waals surface area contributed by atoms with Gasteiger partial charge in [-0.1, -0.05) is 63.5 Å². The molecule has 4 rings (SSSR count). The Kier molecular flexibility index (Phi) is 4.90. The summed E-state index contributed by atoms with van der Waals surface area (Å²) in [6, 6.07) is 8.32. The lowest BCUT2D eigenvalue weighted by Crippen LogP contribution is -2.33. The zero-order chi connectivity index (χ0) is 17.1. The third-order valence-electron chi connectivity index (χ3n) is 5.69. The number of benzene rings is 1. The second-order valence-corrected chi connectivity index (χ2v) is 7.51. The normalized spacial score (nSPS) is 23.4. The van der Waals surface area contributed by atoms with Crippen molar-refractivity contribution in [1.82, 2.24) is 9.55 Å². The predicted molar refractivity (Wildman–Crippen MR) is 104 cm³/mol. The van der Waals surface area contributed by atoms with Crippen LogP contribution in [-0.4, -0.2) is 15.5 Å². The molecule has 1 aliphatic carbocycles. The van der Waals surface area contributed by atoms with Gasteiger partial charge in [0.2, 0.25) is 5.95 Å². The van der Waals surface area contributed by atoms with Crippen LogP contribution in [0, 0.1) is 5.92 Å². The van der Waals surface area contributed by atoms with Crippen molar-refractivity contribution >= 4 is 22.9 Å². The molecule has 1 aliphatic heterocycles. The van der Waals surface area contributed by atoms with E-state index in [9.17, 15) is 0 Å². The van der Waals surface area contributed by atoms with Gasteiger partial charge in [-0.05, 0) is 25.0 Å². The van der Waals surface area contributed by atoms with Crippen molar-refractivity contribution in [1.29, 1.82) is 0 Å². The van der Waals surface area contributed by atoms with Crippen LogP contribution in [0.1, 0.15) is 70.4 Å². The molecule has 0 bridgehead atoms. The molecule has 1 aromatic heterocycles. The summed E-state index contributed by atoms with van der Waals surface area (Å²) in [5.74, 6) is 1.88. The number of hydrogen-bond donors (Lipinski definition) is 2. The number of rotatable bonds is 1. The molecule has 3 N–H and O–H groups in total. The first-order valence-electron chi connectivity index (χ1n) is 9.90. The van der Waals surface area contributed by atoms with E-state index < -0.39 is 0 Å². The Bertz CT molecular complexity index is 736. The highest BCUT2D eigenvalue weighted by Crippen LogP contribution is 2.37. The molecule has 2 aliphatic rings. The van der Waals surface area contributed by atoms with E-state index in [1.807, 2.05) is 6.07 Å². The molecular weight excluding hydrogens is 310 g/mol. The van der Waals surface area contributed by atoms with Gasteiger partial charge < -0.3 is 5.73 Å². The second-order valence-electron chi connectivity index (χ2n) is 7.51. The summed E-state index contributed by atoms with van der Waals surface area (Å²) >= 11 is 0. The molecule has 1 atom stereocenters. The Morgan fingerprint density at radius 3 is 2.28 bits per heavy atom. The summed E-state index contributed by atoms with van der Waals surface area (Å²) in [7, 11) is 0. The zero-order valence-corrected chi connectivity index (χ0v) is 15.0. The molecule has 0 saturated heterocycles. The molecule has 134 valence electrons. The van der Waals surface area contributed by atoms with Crippen LogP contribution in [-0.2, 0) is 0 Å². The molecule has 5 nitrogen and oxygen atoms in total. The maximum atomic E-state index is 6.10. The van der Waals surface area contributed by atoms with E-state index in [2.05, 4.69) is 28.1 Å². The number of imidazole rings is 1. The number of aromatic nitrogens is 2. The third-order valence-corrected chi connectivity index (χ3v) is 5.69. The number of nitrogens with one attached hydrogen (secondary N) is 1. The number of anilines is 1. The molecule has 1 fully saturated rings. The SMILES string of the molecule is NC1=N[C@H](C2CCCCCCCCCC2)n2c(nc3ccccc32)N1. The van der Waals surface area contributed by atoms with Crippen LogP contribution >= 0.6 is 0 Å². The van der Waals surface area contributed by atoms with E-state index in [4.69, 9.17) is 15.7 Å². The van der Waals surface area contributed by atoms with Crippen LogP contribution < -0.4 is 11.1 Å². The maximum Gasteiger partial charge on any atom is 0.212 e. The van der Waals surface area contributed by atoms with Crippen molar-refractivity contribution in [2.75, 3.05) is 5.32 Å². The van der Waals surface area contributed by atoms with Crippen LogP contribution in [0.25, 0.3) is 11.0 Å². The number of guanidine groups is 1. The molecule has 0 spiro atoms. The minimum Gasteiger partial charge on any atom is -0.370 e. The average molecular weight is 339 g/mol. The summed E-state index contributed by atoms with van der Waals surface area (Å²) in [5.41, 5.74) is 8.27. The van der Waals surface area contributed by atoms with E-state index >= 15 is 0 Å². The molecule has 1 saturated carbocycles. The summed E-state index contributed by atoms with van der Waals surface area (Å²) in [6.07, 6.45) is 13.4. The number of para-hydroxylation sites is 2. The minimum absolute atomic E-state index is 0.0735. The first kappa shape index (κ1) is 16.4. The Hall–Kier alpha value is -2.04. The number of fused-ring (bicyclic) bond motifs is 3. The standard InChI is InChI=1S/C20H29N5/c21-19-23-18(15-11-7-5-3-1-2-4-6-8-12-15)25-17-14-10-9-13-16(17)22-20(25)24-19/h9-10,13-15,18H,1-8,11-12H2,(H3,21,22,23,24)/t18-/m0/s1. The van der Waals surface area contributed by atoms with Crippen LogP contribution in [0.4, 0.5) is 5.95 Å². The Balaban J connectivity index is 1.66. The van der Waals surface area contributed by atoms with Gasteiger partial charge in [-0.25, -0.2) is 9.98 Å². The minimum atomic E-state index is 0.0735. The average Bonchev–Trinajstić information content (AvgIpc) is 2.95. The maximum absolute atomic E-state index is 6.10. The molecule has 0 radical (unpaired) electrons. The first-order valence-corrected chi connectivity index (χ1v) is 9.90. The lowest BCUT2D eigenvalue weighted by Gasteiger charge is -2.30. The largest absolute Gasteiger partial charge is 0.370 e. The summed E-state index contributed by atoms with van der Waals surface area (Å²) in [5, 5.41) is 3.16. The summed E-state index contributed by atoms with van der Waals surface area (Å²) < 4.78 is 2.27. The summed E-state index contributed by atoms with van der Waals surface area (Å²) in [6.45, 7) is 0. The van der Waals surface area contributed by atoms with Crippen molar-refractivity contribution in [3.8, 4) is 0 Å². The fourth-order valence-electron chi connectivity index (χ4n) is 4.38. The van der Waals surface area contributed by atoms with Gasteiger partial charge in [-0.15, -0.1) is 0 Å². The van der Waals surface area contributed by atoms with E-state index in [1.54, 1.807) is 0 Å². The molecule has 1 aromatic carbocycles. The second kappa shape index (κ2) is 7.46. The first-order chi connectivity index (χ1) is 12.3. The van der Waals surface area contributed by atoms with Crippen molar-refractivity contribution in [2.45, 2.75) is 70.4 Å². The monoisotopic (exact) mass is 339 g/mol. The summed E-state index contributed by atoms with van der Waals surface area (Å²) in [4.78, 5) is 9.56. The van der Waals surface area contributed by atoms with Crippen molar-refractivity contribution < 1.29 is 0 Å². The Labute approximate surface area is 149 Å². The van der Waals surface area contributed by atoms with Crippen LogP contribution in [0.15, 0.2) is 29.3 Å². The van der Waals surface area contributed by atoms with Crippen molar-refractivity contribution in [3.63, 3.8) is 0 Å². The van der Waals surface area contributed by atoms with Gasteiger partial charge in [0, 0.05) is 5.92 Å². The van der Waals surface area contributed by atoms with Gasteiger partial charge >= 0.3 is 0 Å². The van der Waals surface area contributed by atoms with Gasteiger partial charge in [0.15, 0.2) is 5.96 Å². The fraction of sp³-hybridized carbons (Fsp3) is 0.600. The molecule has 0 unspecified atom stereocenters. The lowest BCUT2D eigenvalue weighted by atomic mass is 9.92.